The Kier molecular flexibility index (Phi) is 5.87. The van der Waals surface area contributed by atoms with Gasteiger partial charge in [-0.2, -0.15) is 0 Å². The molecule has 0 fully saturated rings. The van der Waals surface area contributed by atoms with E-state index in [0.717, 1.165) is 35.3 Å². The Labute approximate surface area is 154 Å². The van der Waals surface area contributed by atoms with Crippen LogP contribution in [0.2, 0.25) is 0 Å². The largest absolute Gasteiger partial charge is 0.465 e. The Balaban J connectivity index is 2.22. The quantitative estimate of drug-likeness (QED) is 0.461. The molecule has 3 rings (SSSR count). The molecule has 0 unspecified atom stereocenters. The molecule has 0 bridgehead atoms. The van der Waals surface area contributed by atoms with Crippen LogP contribution in [0.3, 0.4) is 0 Å². The molecule has 2 aromatic carbocycles. The standard InChI is InChI=1S/C22H23NO3/c1-25-15-9-14-23-16-19(22(24)26-2)20(17-10-5-3-6-11-17)21(23)18-12-7-4-8-13-18/h3-8,10-13,16H,9,14-15H2,1-2H3. The van der Waals surface area contributed by atoms with Crippen LogP contribution in [0.15, 0.2) is 66.9 Å². The first-order valence-electron chi connectivity index (χ1n) is 8.67. The number of hydrogen-bond donors (Lipinski definition) is 0. The highest BCUT2D eigenvalue weighted by molar-refractivity contribution is 6.02. The lowest BCUT2D eigenvalue weighted by Gasteiger charge is -2.12. The van der Waals surface area contributed by atoms with Crippen molar-refractivity contribution in [3.05, 3.63) is 72.4 Å². The molecule has 0 saturated heterocycles. The summed E-state index contributed by atoms with van der Waals surface area (Å²) in [6.45, 7) is 1.43. The molecule has 0 spiro atoms. The van der Waals surface area contributed by atoms with E-state index in [1.54, 1.807) is 7.11 Å². The van der Waals surface area contributed by atoms with Crippen LogP contribution in [-0.2, 0) is 16.0 Å². The smallest absolute Gasteiger partial charge is 0.340 e. The topological polar surface area (TPSA) is 40.5 Å². The number of nitrogens with zero attached hydrogens (tertiary/aromatic N) is 1. The van der Waals surface area contributed by atoms with Crippen LogP contribution in [0.5, 0.6) is 0 Å². The molecule has 0 aliphatic rings. The van der Waals surface area contributed by atoms with E-state index >= 15 is 0 Å². The number of aryl methyl sites for hydroxylation is 1. The Morgan fingerprint density at radius 3 is 2.12 bits per heavy atom. The summed E-state index contributed by atoms with van der Waals surface area (Å²) in [5.74, 6) is -0.327. The Morgan fingerprint density at radius 2 is 1.54 bits per heavy atom. The third-order valence-corrected chi connectivity index (χ3v) is 4.34. The van der Waals surface area contributed by atoms with Crippen LogP contribution < -0.4 is 0 Å². The van der Waals surface area contributed by atoms with E-state index in [-0.39, 0.29) is 5.97 Å². The van der Waals surface area contributed by atoms with Gasteiger partial charge in [0.05, 0.1) is 18.4 Å². The van der Waals surface area contributed by atoms with Crippen molar-refractivity contribution in [1.29, 1.82) is 0 Å². The first-order chi connectivity index (χ1) is 12.8. The number of esters is 1. The van der Waals surface area contributed by atoms with E-state index in [9.17, 15) is 4.79 Å². The highest BCUT2D eigenvalue weighted by Crippen LogP contribution is 2.37. The number of methoxy groups -OCH3 is 2. The molecule has 0 aliphatic carbocycles. The maximum atomic E-state index is 12.5. The van der Waals surface area contributed by atoms with Crippen molar-refractivity contribution in [3.8, 4) is 22.4 Å². The minimum atomic E-state index is -0.327. The van der Waals surface area contributed by atoms with Crippen LogP contribution in [0.25, 0.3) is 22.4 Å². The SMILES string of the molecule is COCCCn1cc(C(=O)OC)c(-c2ccccc2)c1-c1ccccc1. The first-order valence-corrected chi connectivity index (χ1v) is 8.67. The van der Waals surface area contributed by atoms with Crippen molar-refractivity contribution in [2.75, 3.05) is 20.8 Å². The highest BCUT2D eigenvalue weighted by Gasteiger charge is 2.23. The molecule has 3 aromatic rings. The molecule has 4 heteroatoms. The lowest BCUT2D eigenvalue weighted by Crippen LogP contribution is -2.03. The van der Waals surface area contributed by atoms with Crippen LogP contribution in [0, 0.1) is 0 Å². The van der Waals surface area contributed by atoms with Crippen molar-refractivity contribution in [2.24, 2.45) is 0 Å². The van der Waals surface area contributed by atoms with Gasteiger partial charge in [-0.05, 0) is 17.5 Å². The Morgan fingerprint density at radius 1 is 0.923 bits per heavy atom. The molecule has 1 heterocycles. The van der Waals surface area contributed by atoms with Crippen molar-refractivity contribution in [1.82, 2.24) is 4.57 Å². The van der Waals surface area contributed by atoms with E-state index in [4.69, 9.17) is 9.47 Å². The first kappa shape index (κ1) is 18.0. The van der Waals surface area contributed by atoms with Crippen LogP contribution in [0.4, 0.5) is 0 Å². The summed E-state index contributed by atoms with van der Waals surface area (Å²) < 4.78 is 12.4. The summed E-state index contributed by atoms with van der Waals surface area (Å²) >= 11 is 0. The van der Waals surface area contributed by atoms with E-state index in [0.29, 0.717) is 12.2 Å². The average molecular weight is 349 g/mol. The third kappa shape index (κ3) is 3.70. The summed E-state index contributed by atoms with van der Waals surface area (Å²) in [6.07, 6.45) is 2.76. The Hall–Kier alpha value is -2.85. The fourth-order valence-electron chi connectivity index (χ4n) is 3.18. The van der Waals surface area contributed by atoms with Gasteiger partial charge in [0.2, 0.25) is 0 Å². The van der Waals surface area contributed by atoms with Gasteiger partial charge in [0, 0.05) is 32.0 Å². The predicted octanol–water partition coefficient (Wildman–Crippen LogP) is 4.65. The zero-order valence-corrected chi connectivity index (χ0v) is 15.1. The molecule has 26 heavy (non-hydrogen) atoms. The zero-order valence-electron chi connectivity index (χ0n) is 15.1. The second-order valence-electron chi connectivity index (χ2n) is 6.03. The lowest BCUT2D eigenvalue weighted by atomic mass is 9.98. The maximum Gasteiger partial charge on any atom is 0.340 e. The van der Waals surface area contributed by atoms with Crippen LogP contribution in [-0.4, -0.2) is 31.4 Å². The van der Waals surface area contributed by atoms with E-state index in [1.165, 1.54) is 7.11 Å². The predicted molar refractivity (Wildman–Crippen MR) is 103 cm³/mol. The second kappa shape index (κ2) is 8.50. The fourth-order valence-corrected chi connectivity index (χ4v) is 3.18. The number of rotatable bonds is 7. The van der Waals surface area contributed by atoms with Gasteiger partial charge >= 0.3 is 5.97 Å². The summed E-state index contributed by atoms with van der Waals surface area (Å²) in [5, 5.41) is 0. The fraction of sp³-hybridized carbons (Fsp3) is 0.227. The van der Waals surface area contributed by atoms with Crippen molar-refractivity contribution in [3.63, 3.8) is 0 Å². The molecule has 0 radical (unpaired) electrons. The van der Waals surface area contributed by atoms with Gasteiger partial charge < -0.3 is 14.0 Å². The molecule has 1 aromatic heterocycles. The van der Waals surface area contributed by atoms with E-state index in [2.05, 4.69) is 16.7 Å². The Bertz CT molecular complexity index is 854. The number of carbonyl (C=O) groups excluding carboxylic acids is 1. The molecule has 0 aliphatic heterocycles. The monoisotopic (exact) mass is 349 g/mol. The summed E-state index contributed by atoms with van der Waals surface area (Å²) in [5.41, 5.74) is 4.57. The van der Waals surface area contributed by atoms with Crippen molar-refractivity contribution < 1.29 is 14.3 Å². The molecular formula is C22H23NO3. The van der Waals surface area contributed by atoms with Gasteiger partial charge in [-0.3, -0.25) is 0 Å². The van der Waals surface area contributed by atoms with Crippen molar-refractivity contribution >= 4 is 5.97 Å². The minimum absolute atomic E-state index is 0.327. The third-order valence-electron chi connectivity index (χ3n) is 4.34. The average Bonchev–Trinajstić information content (AvgIpc) is 3.08. The normalized spacial score (nSPS) is 10.7. The summed E-state index contributed by atoms with van der Waals surface area (Å²) in [7, 11) is 3.12. The maximum absolute atomic E-state index is 12.5. The number of carbonyl (C=O) groups is 1. The zero-order chi connectivity index (χ0) is 18.4. The van der Waals surface area contributed by atoms with Crippen molar-refractivity contribution in [2.45, 2.75) is 13.0 Å². The second-order valence-corrected chi connectivity index (χ2v) is 6.03. The minimum Gasteiger partial charge on any atom is -0.465 e. The highest BCUT2D eigenvalue weighted by atomic mass is 16.5. The lowest BCUT2D eigenvalue weighted by molar-refractivity contribution is 0.0601. The molecule has 0 N–H and O–H groups in total. The van der Waals surface area contributed by atoms with E-state index < -0.39 is 0 Å². The molecule has 0 amide bonds. The van der Waals surface area contributed by atoms with Crippen LogP contribution in [0.1, 0.15) is 16.8 Å². The van der Waals surface area contributed by atoms with E-state index in [1.807, 2.05) is 54.7 Å². The number of aromatic nitrogens is 1. The number of benzene rings is 2. The summed E-state index contributed by atoms with van der Waals surface area (Å²) in [4.78, 5) is 12.5. The molecule has 0 saturated carbocycles. The van der Waals surface area contributed by atoms with Gasteiger partial charge in [0.25, 0.3) is 0 Å². The molecule has 134 valence electrons. The van der Waals surface area contributed by atoms with Gasteiger partial charge in [0.1, 0.15) is 0 Å². The number of ether oxygens (including phenoxy) is 2. The van der Waals surface area contributed by atoms with Gasteiger partial charge in [-0.25, -0.2) is 4.79 Å². The summed E-state index contributed by atoms with van der Waals surface area (Å²) in [6, 6.07) is 20.1. The van der Waals surface area contributed by atoms with Gasteiger partial charge in [-0.15, -0.1) is 0 Å². The molecule has 4 nitrogen and oxygen atoms in total. The van der Waals surface area contributed by atoms with Crippen LogP contribution >= 0.6 is 0 Å². The number of hydrogen-bond acceptors (Lipinski definition) is 3. The molecular weight excluding hydrogens is 326 g/mol. The van der Waals surface area contributed by atoms with Gasteiger partial charge in [0.15, 0.2) is 0 Å². The van der Waals surface area contributed by atoms with Gasteiger partial charge in [-0.1, -0.05) is 60.7 Å². The molecule has 0 atom stereocenters.